The molecule has 1 rings (SSSR count). The molecule has 2 nitrogen and oxygen atoms in total. The van der Waals surface area contributed by atoms with Crippen LogP contribution in [0.5, 0.6) is 0 Å². The van der Waals surface area contributed by atoms with Crippen LogP contribution in [0.2, 0.25) is 0 Å². The van der Waals surface area contributed by atoms with Gasteiger partial charge in [0.25, 0.3) is 0 Å². The summed E-state index contributed by atoms with van der Waals surface area (Å²) >= 11 is 0. The summed E-state index contributed by atoms with van der Waals surface area (Å²) in [7, 11) is 0. The number of hydrogen-bond acceptors (Lipinski definition) is 2. The summed E-state index contributed by atoms with van der Waals surface area (Å²) in [5.41, 5.74) is -0.958. The molecule has 0 amide bonds. The second-order valence-electron chi connectivity index (χ2n) is 1.98. The van der Waals surface area contributed by atoms with E-state index in [0.29, 0.717) is 19.6 Å². The highest BCUT2D eigenvalue weighted by Crippen LogP contribution is 2.15. The fourth-order valence-electron chi connectivity index (χ4n) is 0.668. The second-order valence-corrected chi connectivity index (χ2v) is 1.98. The molecule has 0 aromatic rings. The lowest BCUT2D eigenvalue weighted by atomic mass is 10.1. The van der Waals surface area contributed by atoms with Crippen LogP contribution >= 0.6 is 0 Å². The third-order valence-corrected chi connectivity index (χ3v) is 1.27. The van der Waals surface area contributed by atoms with E-state index in [1.807, 2.05) is 0 Å². The third-order valence-electron chi connectivity index (χ3n) is 1.27. The average molecular weight is 112 g/mol. The number of rotatable bonds is 0. The van der Waals surface area contributed by atoms with E-state index in [1.54, 1.807) is 0 Å². The lowest BCUT2D eigenvalue weighted by molar-refractivity contribution is 0.0766. The molecule has 0 aromatic carbocycles. The molecule has 1 aliphatic heterocycles. The zero-order valence-corrected chi connectivity index (χ0v) is 4.55. The maximum Gasteiger partial charge on any atom is 0.150 e. The zero-order valence-electron chi connectivity index (χ0n) is 4.55. The molecule has 1 N–H and O–H groups in total. The van der Waals surface area contributed by atoms with E-state index in [9.17, 15) is 0 Å². The van der Waals surface area contributed by atoms with Gasteiger partial charge >= 0.3 is 0 Å². The SMILES string of the molecule is C#C[C@]1(O)CCOC1. The van der Waals surface area contributed by atoms with Crippen molar-refractivity contribution in [3.05, 3.63) is 0 Å². The van der Waals surface area contributed by atoms with Crippen LogP contribution in [0.25, 0.3) is 0 Å². The number of ether oxygens (including phenoxy) is 1. The highest BCUT2D eigenvalue weighted by molar-refractivity contribution is 5.09. The third kappa shape index (κ3) is 0.835. The Morgan fingerprint density at radius 1 is 1.75 bits per heavy atom. The standard InChI is InChI=1S/C6H8O2/c1-2-6(7)3-4-8-5-6/h1,7H,3-5H2/t6-/m0/s1. The molecule has 0 unspecified atom stereocenters. The van der Waals surface area contributed by atoms with Crippen LogP contribution < -0.4 is 0 Å². The Labute approximate surface area is 48.5 Å². The Kier molecular flexibility index (Phi) is 1.24. The highest BCUT2D eigenvalue weighted by atomic mass is 16.5. The molecule has 2 heteroatoms. The van der Waals surface area contributed by atoms with E-state index >= 15 is 0 Å². The van der Waals surface area contributed by atoms with Crippen molar-refractivity contribution >= 4 is 0 Å². The van der Waals surface area contributed by atoms with Gasteiger partial charge < -0.3 is 9.84 Å². The number of terminal acetylenes is 1. The first kappa shape index (κ1) is 5.61. The minimum atomic E-state index is -0.958. The zero-order chi connectivity index (χ0) is 6.04. The molecule has 0 bridgehead atoms. The number of aliphatic hydroxyl groups is 1. The summed E-state index contributed by atoms with van der Waals surface area (Å²) < 4.78 is 4.86. The van der Waals surface area contributed by atoms with Gasteiger partial charge in [-0.05, 0) is 0 Å². The predicted molar refractivity (Wildman–Crippen MR) is 29.2 cm³/mol. The lowest BCUT2D eigenvalue weighted by Gasteiger charge is -2.09. The molecule has 0 spiro atoms. The van der Waals surface area contributed by atoms with E-state index in [2.05, 4.69) is 5.92 Å². The Morgan fingerprint density at radius 3 is 2.75 bits per heavy atom. The van der Waals surface area contributed by atoms with E-state index in [-0.39, 0.29) is 0 Å². The Morgan fingerprint density at radius 2 is 2.50 bits per heavy atom. The molecule has 8 heavy (non-hydrogen) atoms. The van der Waals surface area contributed by atoms with Gasteiger partial charge in [0.15, 0.2) is 5.60 Å². The van der Waals surface area contributed by atoms with Gasteiger partial charge in [-0.25, -0.2) is 0 Å². The maximum atomic E-state index is 9.14. The normalized spacial score (nSPS) is 37.0. The molecule has 0 saturated carbocycles. The average Bonchev–Trinajstić information content (AvgIpc) is 2.17. The minimum absolute atomic E-state index is 0.295. The quantitative estimate of drug-likeness (QED) is 0.439. The molecular formula is C6H8O2. The van der Waals surface area contributed by atoms with Crippen molar-refractivity contribution in [3.8, 4) is 12.3 Å². The van der Waals surface area contributed by atoms with E-state index < -0.39 is 5.60 Å². The monoisotopic (exact) mass is 112 g/mol. The van der Waals surface area contributed by atoms with Gasteiger partial charge in [0, 0.05) is 6.42 Å². The Hall–Kier alpha value is -0.520. The van der Waals surface area contributed by atoms with E-state index in [1.165, 1.54) is 0 Å². The molecular weight excluding hydrogens is 104 g/mol. The first-order chi connectivity index (χ1) is 3.77. The van der Waals surface area contributed by atoms with Crippen LogP contribution in [0.15, 0.2) is 0 Å². The van der Waals surface area contributed by atoms with Crippen molar-refractivity contribution in [3.63, 3.8) is 0 Å². The molecule has 1 saturated heterocycles. The van der Waals surface area contributed by atoms with E-state index in [0.717, 1.165) is 0 Å². The Balaban J connectivity index is 2.56. The van der Waals surface area contributed by atoms with Gasteiger partial charge in [-0.3, -0.25) is 0 Å². The maximum absolute atomic E-state index is 9.14. The van der Waals surface area contributed by atoms with Crippen molar-refractivity contribution in [2.24, 2.45) is 0 Å². The molecule has 0 radical (unpaired) electrons. The van der Waals surface area contributed by atoms with Crippen molar-refractivity contribution < 1.29 is 9.84 Å². The molecule has 1 heterocycles. The summed E-state index contributed by atoms with van der Waals surface area (Å²) in [5, 5.41) is 9.14. The van der Waals surface area contributed by atoms with Gasteiger partial charge in [0.05, 0.1) is 13.2 Å². The van der Waals surface area contributed by atoms with Crippen LogP contribution in [0.1, 0.15) is 6.42 Å². The lowest BCUT2D eigenvalue weighted by Crippen LogP contribution is -2.25. The summed E-state index contributed by atoms with van der Waals surface area (Å²) in [6.45, 7) is 0.879. The molecule has 1 fully saturated rings. The van der Waals surface area contributed by atoms with Crippen molar-refractivity contribution in [2.75, 3.05) is 13.2 Å². The molecule has 44 valence electrons. The van der Waals surface area contributed by atoms with Crippen molar-refractivity contribution in [1.29, 1.82) is 0 Å². The van der Waals surface area contributed by atoms with Crippen LogP contribution in [0.3, 0.4) is 0 Å². The van der Waals surface area contributed by atoms with Crippen molar-refractivity contribution in [1.82, 2.24) is 0 Å². The smallest absolute Gasteiger partial charge is 0.150 e. The van der Waals surface area contributed by atoms with Crippen LogP contribution in [-0.2, 0) is 4.74 Å². The topological polar surface area (TPSA) is 29.5 Å². The first-order valence-electron chi connectivity index (χ1n) is 2.55. The fourth-order valence-corrected chi connectivity index (χ4v) is 0.668. The second kappa shape index (κ2) is 1.77. The van der Waals surface area contributed by atoms with E-state index in [4.69, 9.17) is 16.3 Å². The van der Waals surface area contributed by atoms with Gasteiger partial charge in [-0.15, -0.1) is 6.42 Å². The summed E-state index contributed by atoms with van der Waals surface area (Å²) in [6.07, 6.45) is 5.56. The van der Waals surface area contributed by atoms with Crippen molar-refractivity contribution in [2.45, 2.75) is 12.0 Å². The van der Waals surface area contributed by atoms with Crippen LogP contribution in [-0.4, -0.2) is 23.9 Å². The van der Waals surface area contributed by atoms with Gasteiger partial charge in [-0.1, -0.05) is 5.92 Å². The van der Waals surface area contributed by atoms with Crippen LogP contribution in [0, 0.1) is 12.3 Å². The van der Waals surface area contributed by atoms with Gasteiger partial charge in [0.1, 0.15) is 0 Å². The highest BCUT2D eigenvalue weighted by Gasteiger charge is 2.29. The predicted octanol–water partition coefficient (Wildman–Crippen LogP) is -0.229. The van der Waals surface area contributed by atoms with Gasteiger partial charge in [0.2, 0.25) is 0 Å². The Bertz CT molecular complexity index is 117. The summed E-state index contributed by atoms with van der Waals surface area (Å²) in [6, 6.07) is 0. The minimum Gasteiger partial charge on any atom is -0.377 e. The molecule has 1 atom stereocenters. The summed E-state index contributed by atoms with van der Waals surface area (Å²) in [4.78, 5) is 0. The first-order valence-corrected chi connectivity index (χ1v) is 2.55. The summed E-state index contributed by atoms with van der Waals surface area (Å²) in [5.74, 6) is 2.27. The van der Waals surface area contributed by atoms with Gasteiger partial charge in [-0.2, -0.15) is 0 Å². The molecule has 0 aromatic heterocycles. The largest absolute Gasteiger partial charge is 0.377 e. The van der Waals surface area contributed by atoms with Crippen LogP contribution in [0.4, 0.5) is 0 Å². The fraction of sp³-hybridized carbons (Fsp3) is 0.667. The molecule has 1 aliphatic rings. The molecule has 0 aliphatic carbocycles. The number of hydrogen-bond donors (Lipinski definition) is 1.